The van der Waals surface area contributed by atoms with Gasteiger partial charge in [-0.25, -0.2) is 4.79 Å². The molecule has 48 heavy (non-hydrogen) atoms. The second-order valence-electron chi connectivity index (χ2n) is 14.9. The molecule has 2 bridgehead atoms. The number of nitrogens with zero attached hydrogens (tertiary/aromatic N) is 1. The summed E-state index contributed by atoms with van der Waals surface area (Å²) in [5.41, 5.74) is 7.47. The summed E-state index contributed by atoms with van der Waals surface area (Å²) in [6, 6.07) is 7.05. The van der Waals surface area contributed by atoms with Crippen molar-refractivity contribution >= 4 is 17.8 Å². The van der Waals surface area contributed by atoms with E-state index in [4.69, 9.17) is 5.73 Å². The number of benzene rings is 1. The molecule has 2 aliphatic rings. The third-order valence-corrected chi connectivity index (χ3v) is 10.7. The topological polar surface area (TPSA) is 80.5 Å². The van der Waals surface area contributed by atoms with Gasteiger partial charge < -0.3 is 5.73 Å². The molecule has 3 rings (SSSR count). The van der Waals surface area contributed by atoms with Crippen LogP contribution < -0.4 is 5.73 Å². The van der Waals surface area contributed by atoms with Gasteiger partial charge in [0.05, 0.1) is 11.8 Å². The summed E-state index contributed by atoms with van der Waals surface area (Å²) in [6.45, 7) is 4.54. The summed E-state index contributed by atoms with van der Waals surface area (Å²) in [4.78, 5) is 40.7. The Morgan fingerprint density at radius 3 is 0.917 bits per heavy atom. The average molecular weight is 667 g/mol. The van der Waals surface area contributed by atoms with Crippen LogP contribution in [-0.4, -0.2) is 22.7 Å². The highest BCUT2D eigenvalue weighted by atomic mass is 16.2. The number of hydrogen-bond donors (Lipinski definition) is 1. The molecule has 2 atom stereocenters. The maximum absolute atomic E-state index is 13.7. The van der Waals surface area contributed by atoms with Crippen molar-refractivity contribution in [1.29, 1.82) is 0 Å². The molecule has 0 saturated carbocycles. The first kappa shape index (κ1) is 42.0. The average Bonchev–Trinajstić information content (AvgIpc) is 3.14. The zero-order valence-electron chi connectivity index (χ0n) is 31.4. The van der Waals surface area contributed by atoms with Crippen molar-refractivity contribution in [2.45, 2.75) is 218 Å². The van der Waals surface area contributed by atoms with E-state index in [0.29, 0.717) is 12.8 Å². The second-order valence-corrected chi connectivity index (χ2v) is 14.9. The van der Waals surface area contributed by atoms with Gasteiger partial charge in [-0.3, -0.25) is 9.59 Å². The second kappa shape index (κ2) is 27.6. The zero-order valence-corrected chi connectivity index (χ0v) is 31.4. The van der Waals surface area contributed by atoms with E-state index in [1.54, 1.807) is 0 Å². The molecule has 0 radical (unpaired) electrons. The number of carbonyl (C=O) groups excluding carboxylic acids is 3. The van der Waals surface area contributed by atoms with Crippen LogP contribution in [0.3, 0.4) is 0 Å². The van der Waals surface area contributed by atoms with Crippen molar-refractivity contribution in [3.8, 4) is 0 Å². The Morgan fingerprint density at radius 1 is 0.458 bits per heavy atom. The van der Waals surface area contributed by atoms with Crippen LogP contribution in [0.5, 0.6) is 0 Å². The molecule has 0 spiro atoms. The summed E-state index contributed by atoms with van der Waals surface area (Å²) < 4.78 is 0. The molecule has 0 saturated heterocycles. The fourth-order valence-electron chi connectivity index (χ4n) is 7.55. The summed E-state index contributed by atoms with van der Waals surface area (Å²) in [5, 5.41) is 0. The number of nitrogens with two attached hydrogens (primary N) is 1. The van der Waals surface area contributed by atoms with Gasteiger partial charge in [-0.1, -0.05) is 218 Å². The lowest BCUT2D eigenvalue weighted by atomic mass is 9.89. The molecule has 2 heterocycles. The van der Waals surface area contributed by atoms with Gasteiger partial charge in [-0.05, 0) is 24.0 Å². The van der Waals surface area contributed by atoms with Gasteiger partial charge in [0.1, 0.15) is 0 Å². The number of fused-ring (bicyclic) bond motifs is 6. The molecule has 0 aliphatic carbocycles. The van der Waals surface area contributed by atoms with Gasteiger partial charge in [0.2, 0.25) is 11.8 Å². The molecular weight excluding hydrogens is 592 g/mol. The van der Waals surface area contributed by atoms with E-state index in [2.05, 4.69) is 13.8 Å². The van der Waals surface area contributed by atoms with Crippen molar-refractivity contribution in [3.63, 3.8) is 0 Å². The number of carbonyl (C=O) groups is 3. The summed E-state index contributed by atoms with van der Waals surface area (Å²) in [6.07, 6.45) is 37.1. The number of unbranched alkanes of at least 4 members (excludes halogenated alkanes) is 26. The zero-order chi connectivity index (χ0) is 34.7. The fraction of sp³-hybridized carbons (Fsp3) is 0.791. The Kier molecular flexibility index (Phi) is 24.2. The van der Waals surface area contributed by atoms with Crippen LogP contribution in [0.1, 0.15) is 229 Å². The van der Waals surface area contributed by atoms with E-state index >= 15 is 0 Å². The maximum atomic E-state index is 13.7. The lowest BCUT2D eigenvalue weighted by Gasteiger charge is -2.25. The molecule has 1 aromatic carbocycles. The molecule has 274 valence electrons. The molecule has 2 aliphatic heterocycles. The quantitative estimate of drug-likeness (QED) is 0.0655. The van der Waals surface area contributed by atoms with Gasteiger partial charge in [-0.15, -0.1) is 0 Å². The Morgan fingerprint density at radius 2 is 0.688 bits per heavy atom. The summed E-state index contributed by atoms with van der Waals surface area (Å²) >= 11 is 0. The Hall–Kier alpha value is -2.17. The van der Waals surface area contributed by atoms with E-state index in [0.717, 1.165) is 54.6 Å². The standard InChI is InChI=1S/C43H74N2O3/c1-3-5-7-9-11-13-15-17-19-21-23-25-27-29-31-39-37-33-35-38(36-34-37)40(42(47)45(41(39)46)43(44)48)32-30-28-26-24-22-20-18-16-14-12-10-8-6-4-2/h33-36,39-40H,3-32H2,1-2H3,(H2,44,48). The van der Waals surface area contributed by atoms with E-state index in [9.17, 15) is 14.4 Å². The Balaban J connectivity index is 1.69. The minimum atomic E-state index is -0.940. The first-order chi connectivity index (χ1) is 23.5. The summed E-state index contributed by atoms with van der Waals surface area (Å²) in [5.74, 6) is -1.90. The van der Waals surface area contributed by atoms with Crippen LogP contribution >= 0.6 is 0 Å². The van der Waals surface area contributed by atoms with Gasteiger partial charge in [0.25, 0.3) is 0 Å². The van der Waals surface area contributed by atoms with E-state index < -0.39 is 29.7 Å². The Labute approximate surface area is 296 Å². The molecule has 0 aromatic heterocycles. The van der Waals surface area contributed by atoms with Crippen LogP contribution in [0.4, 0.5) is 4.79 Å². The highest BCUT2D eigenvalue weighted by Crippen LogP contribution is 2.33. The van der Waals surface area contributed by atoms with Crippen molar-refractivity contribution in [3.05, 3.63) is 35.4 Å². The normalized spacial score (nSPS) is 16.3. The molecule has 4 amide bonds. The highest BCUT2D eigenvalue weighted by molar-refractivity contribution is 6.13. The van der Waals surface area contributed by atoms with Crippen LogP contribution in [0.25, 0.3) is 0 Å². The lowest BCUT2D eigenvalue weighted by Crippen LogP contribution is -2.48. The maximum Gasteiger partial charge on any atom is 0.328 e. The predicted molar refractivity (Wildman–Crippen MR) is 203 cm³/mol. The molecule has 5 heteroatoms. The lowest BCUT2D eigenvalue weighted by molar-refractivity contribution is -0.142. The number of imide groups is 3. The fourth-order valence-corrected chi connectivity index (χ4v) is 7.55. The van der Waals surface area contributed by atoms with Crippen LogP contribution in [0.15, 0.2) is 24.3 Å². The first-order valence-electron chi connectivity index (χ1n) is 20.8. The molecule has 2 N–H and O–H groups in total. The minimum absolute atomic E-state index is 0.444. The minimum Gasteiger partial charge on any atom is -0.351 e. The van der Waals surface area contributed by atoms with Crippen molar-refractivity contribution in [1.82, 2.24) is 4.90 Å². The number of rotatable bonds is 30. The predicted octanol–water partition coefficient (Wildman–Crippen LogP) is 13.0. The highest BCUT2D eigenvalue weighted by Gasteiger charge is 2.38. The van der Waals surface area contributed by atoms with E-state index in [-0.39, 0.29) is 0 Å². The molecule has 2 unspecified atom stereocenters. The first-order valence-corrected chi connectivity index (χ1v) is 20.8. The monoisotopic (exact) mass is 667 g/mol. The van der Waals surface area contributed by atoms with Crippen molar-refractivity contribution in [2.24, 2.45) is 5.73 Å². The molecule has 0 fully saturated rings. The van der Waals surface area contributed by atoms with Gasteiger partial charge in [0.15, 0.2) is 0 Å². The van der Waals surface area contributed by atoms with Crippen molar-refractivity contribution in [2.75, 3.05) is 0 Å². The van der Waals surface area contributed by atoms with Gasteiger partial charge in [-0.2, -0.15) is 4.90 Å². The van der Waals surface area contributed by atoms with E-state index in [1.165, 1.54) is 141 Å². The van der Waals surface area contributed by atoms with Crippen molar-refractivity contribution < 1.29 is 14.4 Å². The molecule has 1 aromatic rings. The SMILES string of the molecule is CCCCCCCCCCCCCCCCC1C(=O)N(C(N)=O)C(=O)C(CCCCCCCCCCCCCCCC)c2ccc1cc2. The molecule has 5 nitrogen and oxygen atoms in total. The third kappa shape index (κ3) is 17.5. The van der Waals surface area contributed by atoms with Crippen LogP contribution in [0.2, 0.25) is 0 Å². The number of hydrogen-bond acceptors (Lipinski definition) is 3. The number of primary amides is 1. The largest absolute Gasteiger partial charge is 0.351 e. The van der Waals surface area contributed by atoms with Gasteiger partial charge >= 0.3 is 6.03 Å². The van der Waals surface area contributed by atoms with Crippen LogP contribution in [-0.2, 0) is 9.59 Å². The molecular formula is C43H74N2O3. The van der Waals surface area contributed by atoms with Gasteiger partial charge in [0, 0.05) is 0 Å². The smallest absolute Gasteiger partial charge is 0.328 e. The van der Waals surface area contributed by atoms with Crippen LogP contribution in [0, 0.1) is 0 Å². The summed E-state index contributed by atoms with van der Waals surface area (Å²) in [7, 11) is 0. The third-order valence-electron chi connectivity index (χ3n) is 10.7. The van der Waals surface area contributed by atoms with E-state index in [1.807, 2.05) is 24.3 Å². The number of amides is 4. The number of urea groups is 1. The Bertz CT molecular complexity index is 904.